The number of hydrogen-bond acceptors (Lipinski definition) is 5. The molecule has 0 aliphatic rings. The van der Waals surface area contributed by atoms with Gasteiger partial charge in [0.25, 0.3) is 0 Å². The van der Waals surface area contributed by atoms with Crippen molar-refractivity contribution in [3.8, 4) is 17.6 Å². The fourth-order valence-corrected chi connectivity index (χ4v) is 4.54. The number of ether oxygens (including phenoxy) is 1. The molecule has 0 atom stereocenters. The Hall–Kier alpha value is -3.34. The zero-order valence-corrected chi connectivity index (χ0v) is 18.5. The van der Waals surface area contributed by atoms with Crippen LogP contribution < -0.4 is 4.74 Å². The Morgan fingerprint density at radius 1 is 1.06 bits per heavy atom. The Labute approximate surface area is 191 Å². The number of rotatable bonds is 6. The Morgan fingerprint density at radius 3 is 2.65 bits per heavy atom. The first-order chi connectivity index (χ1) is 15.0. The molecule has 4 rings (SSSR count). The van der Waals surface area contributed by atoms with Crippen molar-refractivity contribution in [2.75, 3.05) is 0 Å². The lowest BCUT2D eigenvalue weighted by Gasteiger charge is -2.14. The minimum absolute atomic E-state index is 0.0801. The van der Waals surface area contributed by atoms with Gasteiger partial charge in [0.05, 0.1) is 29.1 Å². The molecule has 1 heterocycles. The quantitative estimate of drug-likeness (QED) is 0.334. The molecule has 0 saturated heterocycles. The lowest BCUT2D eigenvalue weighted by molar-refractivity contribution is -0.136. The van der Waals surface area contributed by atoms with Crippen molar-refractivity contribution in [1.82, 2.24) is 4.98 Å². The highest BCUT2D eigenvalue weighted by atomic mass is 79.9. The van der Waals surface area contributed by atoms with Crippen LogP contribution in [0, 0.1) is 11.3 Å². The molecule has 0 fully saturated rings. The van der Waals surface area contributed by atoms with Gasteiger partial charge in [0.2, 0.25) is 0 Å². The molecule has 0 aliphatic carbocycles. The second-order valence-electron chi connectivity index (χ2n) is 6.62. The number of nitrogens with zero attached hydrogens (tertiary/aromatic N) is 2. The van der Waals surface area contributed by atoms with Gasteiger partial charge in [0.15, 0.2) is 5.75 Å². The van der Waals surface area contributed by atoms with Crippen molar-refractivity contribution in [3.05, 3.63) is 88.7 Å². The van der Waals surface area contributed by atoms with Crippen LogP contribution in [0.4, 0.5) is 0 Å². The fraction of sp³-hybridized carbons (Fsp3) is 0.0417. The standard InChI is InChI=1S/C24H15BrN2O3S/c25-17-6-8-22(16(11-17)12-24(28)29)31-23-9-10-27-14-21(23)30-20-7-5-15(13-26)18-3-1-2-4-19(18)20/h1-11,14H,12H2,(H,28,29). The summed E-state index contributed by atoms with van der Waals surface area (Å²) in [5, 5.41) is 20.3. The Balaban J connectivity index is 1.71. The highest BCUT2D eigenvalue weighted by Crippen LogP contribution is 2.40. The molecule has 5 nitrogen and oxygen atoms in total. The third-order valence-corrected chi connectivity index (χ3v) is 6.22. The molecule has 0 aliphatic heterocycles. The molecular formula is C24H15BrN2O3S. The van der Waals surface area contributed by atoms with Crippen LogP contribution in [0.1, 0.15) is 11.1 Å². The van der Waals surface area contributed by atoms with E-state index < -0.39 is 5.97 Å². The number of aromatic nitrogens is 1. The SMILES string of the molecule is N#Cc1ccc(Oc2cnccc2Sc2ccc(Br)cc2CC(=O)O)c2ccccc12. The van der Waals surface area contributed by atoms with Crippen LogP contribution in [0.25, 0.3) is 10.8 Å². The van der Waals surface area contributed by atoms with Crippen LogP contribution in [0.2, 0.25) is 0 Å². The lowest BCUT2D eigenvalue weighted by atomic mass is 10.0. The van der Waals surface area contributed by atoms with E-state index in [0.29, 0.717) is 22.6 Å². The zero-order chi connectivity index (χ0) is 21.8. The number of hydrogen-bond donors (Lipinski definition) is 1. The first-order valence-electron chi connectivity index (χ1n) is 9.27. The molecule has 3 aromatic carbocycles. The van der Waals surface area contributed by atoms with E-state index in [4.69, 9.17) is 4.74 Å². The summed E-state index contributed by atoms with van der Waals surface area (Å²) in [6.07, 6.45) is 3.22. The summed E-state index contributed by atoms with van der Waals surface area (Å²) in [7, 11) is 0. The highest BCUT2D eigenvalue weighted by Gasteiger charge is 2.14. The average Bonchev–Trinajstić information content (AvgIpc) is 2.76. The van der Waals surface area contributed by atoms with E-state index in [1.165, 1.54) is 11.8 Å². The molecule has 0 bridgehead atoms. The largest absolute Gasteiger partial charge is 0.481 e. The van der Waals surface area contributed by atoms with Gasteiger partial charge in [-0.25, -0.2) is 0 Å². The van der Waals surface area contributed by atoms with Gasteiger partial charge < -0.3 is 9.84 Å². The van der Waals surface area contributed by atoms with Gasteiger partial charge in [-0.05, 0) is 42.0 Å². The van der Waals surface area contributed by atoms with Crippen LogP contribution in [0.3, 0.4) is 0 Å². The normalized spacial score (nSPS) is 10.6. The van der Waals surface area contributed by atoms with Crippen molar-refractivity contribution in [3.63, 3.8) is 0 Å². The molecule has 1 N–H and O–H groups in total. The van der Waals surface area contributed by atoms with Crippen molar-refractivity contribution >= 4 is 44.4 Å². The molecule has 152 valence electrons. The van der Waals surface area contributed by atoms with Crippen LogP contribution >= 0.6 is 27.7 Å². The maximum atomic E-state index is 11.3. The third kappa shape index (κ3) is 4.71. The van der Waals surface area contributed by atoms with E-state index in [-0.39, 0.29) is 6.42 Å². The fourth-order valence-electron chi connectivity index (χ4n) is 3.17. The van der Waals surface area contributed by atoms with E-state index in [0.717, 1.165) is 25.0 Å². The summed E-state index contributed by atoms with van der Waals surface area (Å²) in [6.45, 7) is 0. The van der Waals surface area contributed by atoms with E-state index in [2.05, 4.69) is 27.0 Å². The predicted octanol–water partition coefficient (Wildman–Crippen LogP) is 6.44. The van der Waals surface area contributed by atoms with Crippen LogP contribution in [-0.2, 0) is 11.2 Å². The van der Waals surface area contributed by atoms with Gasteiger partial charge in [-0.3, -0.25) is 9.78 Å². The average molecular weight is 491 g/mol. The Morgan fingerprint density at radius 2 is 1.87 bits per heavy atom. The Bertz CT molecular complexity index is 1330. The number of halogens is 1. The molecule has 31 heavy (non-hydrogen) atoms. The second-order valence-corrected chi connectivity index (χ2v) is 8.62. The number of pyridine rings is 1. The lowest BCUT2D eigenvalue weighted by Crippen LogP contribution is -2.01. The summed E-state index contributed by atoms with van der Waals surface area (Å²) in [6, 6.07) is 20.7. The van der Waals surface area contributed by atoms with Gasteiger partial charge in [0, 0.05) is 26.3 Å². The molecule has 1 aromatic heterocycles. The number of carbonyl (C=O) groups is 1. The van der Waals surface area contributed by atoms with Gasteiger partial charge in [0.1, 0.15) is 5.75 Å². The molecule has 0 unspecified atom stereocenters. The molecule has 0 amide bonds. The minimum atomic E-state index is -0.893. The maximum Gasteiger partial charge on any atom is 0.307 e. The van der Waals surface area contributed by atoms with E-state index in [1.54, 1.807) is 24.5 Å². The number of carboxylic acids is 1. The van der Waals surface area contributed by atoms with Gasteiger partial charge >= 0.3 is 5.97 Å². The van der Waals surface area contributed by atoms with Crippen molar-refractivity contribution in [1.29, 1.82) is 5.26 Å². The van der Waals surface area contributed by atoms with E-state index >= 15 is 0 Å². The van der Waals surface area contributed by atoms with Crippen LogP contribution in [0.15, 0.2) is 87.3 Å². The summed E-state index contributed by atoms with van der Waals surface area (Å²) >= 11 is 4.83. The smallest absolute Gasteiger partial charge is 0.307 e. The van der Waals surface area contributed by atoms with Gasteiger partial charge in [-0.2, -0.15) is 5.26 Å². The Kier molecular flexibility index (Phi) is 6.21. The first kappa shape index (κ1) is 20.9. The molecule has 0 saturated carbocycles. The van der Waals surface area contributed by atoms with E-state index in [1.807, 2.05) is 48.5 Å². The summed E-state index contributed by atoms with van der Waals surface area (Å²) in [5.74, 6) is 0.271. The molecule has 4 aromatic rings. The van der Waals surface area contributed by atoms with Crippen LogP contribution in [0.5, 0.6) is 11.5 Å². The molecule has 0 spiro atoms. The predicted molar refractivity (Wildman–Crippen MR) is 123 cm³/mol. The minimum Gasteiger partial charge on any atom is -0.481 e. The number of aliphatic carboxylic acids is 1. The summed E-state index contributed by atoms with van der Waals surface area (Å²) in [5.41, 5.74) is 1.29. The molecule has 0 radical (unpaired) electrons. The van der Waals surface area contributed by atoms with Gasteiger partial charge in [-0.15, -0.1) is 0 Å². The first-order valence-corrected chi connectivity index (χ1v) is 10.9. The zero-order valence-electron chi connectivity index (χ0n) is 16.1. The van der Waals surface area contributed by atoms with Crippen molar-refractivity contribution < 1.29 is 14.6 Å². The molecular weight excluding hydrogens is 476 g/mol. The van der Waals surface area contributed by atoms with Crippen molar-refractivity contribution in [2.45, 2.75) is 16.2 Å². The monoisotopic (exact) mass is 490 g/mol. The van der Waals surface area contributed by atoms with Gasteiger partial charge in [-0.1, -0.05) is 52.0 Å². The summed E-state index contributed by atoms with van der Waals surface area (Å²) < 4.78 is 7.04. The van der Waals surface area contributed by atoms with Crippen LogP contribution in [-0.4, -0.2) is 16.1 Å². The highest BCUT2D eigenvalue weighted by molar-refractivity contribution is 9.10. The number of fused-ring (bicyclic) bond motifs is 1. The van der Waals surface area contributed by atoms with E-state index in [9.17, 15) is 15.2 Å². The number of benzene rings is 3. The van der Waals surface area contributed by atoms with Crippen molar-refractivity contribution in [2.24, 2.45) is 0 Å². The topological polar surface area (TPSA) is 83.2 Å². The maximum absolute atomic E-state index is 11.3. The number of nitriles is 1. The second kappa shape index (κ2) is 9.21. The number of carboxylic acid groups (broad SMARTS) is 1. The third-order valence-electron chi connectivity index (χ3n) is 4.56. The molecule has 7 heteroatoms. The summed E-state index contributed by atoms with van der Waals surface area (Å²) in [4.78, 5) is 17.1.